The number of hydrogen-bond donors (Lipinski definition) is 1. The average molecular weight is 312 g/mol. The number of hydrogen-bond acceptors (Lipinski definition) is 2. The molecule has 1 aromatic carbocycles. The van der Waals surface area contributed by atoms with Crippen LogP contribution in [0.2, 0.25) is 0 Å². The van der Waals surface area contributed by atoms with Crippen LogP contribution in [0, 0.1) is 11.3 Å². The number of rotatable bonds is 1. The summed E-state index contributed by atoms with van der Waals surface area (Å²) in [4.78, 5) is 2.17. The summed E-state index contributed by atoms with van der Waals surface area (Å²) in [6.07, 6.45) is 1.81. The van der Waals surface area contributed by atoms with Crippen LogP contribution in [-0.4, -0.2) is 13.1 Å². The Morgan fingerprint density at radius 2 is 2.00 bits per heavy atom. The monoisotopic (exact) mass is 312 g/mol. The summed E-state index contributed by atoms with van der Waals surface area (Å²) in [6, 6.07) is 3.73. The number of alkyl halides is 3. The van der Waals surface area contributed by atoms with E-state index in [0.717, 1.165) is 37.3 Å². The number of fused-ring (bicyclic) bond motifs is 1. The Hall–Kier alpha value is -1.39. The summed E-state index contributed by atoms with van der Waals surface area (Å²) < 4.78 is 38.2. The third-order valence-corrected chi connectivity index (χ3v) is 5.63. The van der Waals surface area contributed by atoms with E-state index in [4.69, 9.17) is 5.73 Å². The highest BCUT2D eigenvalue weighted by Gasteiger charge is 2.41. The van der Waals surface area contributed by atoms with Gasteiger partial charge in [0.05, 0.1) is 16.9 Å². The quantitative estimate of drug-likeness (QED) is 0.762. The lowest BCUT2D eigenvalue weighted by molar-refractivity contribution is -0.137. The molecule has 1 saturated carbocycles. The van der Waals surface area contributed by atoms with Crippen LogP contribution >= 0.6 is 0 Å². The van der Waals surface area contributed by atoms with Crippen LogP contribution in [0.4, 0.5) is 24.5 Å². The van der Waals surface area contributed by atoms with Gasteiger partial charge in [-0.3, -0.25) is 0 Å². The van der Waals surface area contributed by atoms with Gasteiger partial charge in [0.1, 0.15) is 0 Å². The van der Waals surface area contributed by atoms with Crippen LogP contribution in [0.3, 0.4) is 0 Å². The highest BCUT2D eigenvalue weighted by atomic mass is 19.4. The maximum atomic E-state index is 12.7. The van der Waals surface area contributed by atoms with Gasteiger partial charge in [-0.05, 0) is 48.8 Å². The first-order chi connectivity index (χ1) is 10.3. The first-order valence-corrected chi connectivity index (χ1v) is 8.01. The fourth-order valence-corrected chi connectivity index (χ4v) is 4.10. The van der Waals surface area contributed by atoms with Gasteiger partial charge >= 0.3 is 6.18 Å². The molecule has 0 amide bonds. The number of nitrogen functional groups attached to an aromatic ring is 1. The van der Waals surface area contributed by atoms with Gasteiger partial charge in [0.15, 0.2) is 0 Å². The molecule has 2 fully saturated rings. The molecule has 1 saturated heterocycles. The zero-order valence-corrected chi connectivity index (χ0v) is 12.9. The predicted molar refractivity (Wildman–Crippen MR) is 82.8 cm³/mol. The zero-order chi connectivity index (χ0) is 16.0. The second kappa shape index (κ2) is 5.36. The summed E-state index contributed by atoms with van der Waals surface area (Å²) in [7, 11) is 0. The molecule has 1 aromatic rings. The van der Waals surface area contributed by atoms with Gasteiger partial charge in [0, 0.05) is 13.1 Å². The van der Waals surface area contributed by atoms with Crippen molar-refractivity contribution >= 4 is 11.4 Å². The molecule has 2 aliphatic rings. The van der Waals surface area contributed by atoms with Crippen LogP contribution < -0.4 is 10.6 Å². The summed E-state index contributed by atoms with van der Waals surface area (Å²) in [6.45, 7) is 4.15. The first kappa shape index (κ1) is 15.5. The van der Waals surface area contributed by atoms with E-state index in [9.17, 15) is 13.2 Å². The van der Waals surface area contributed by atoms with Crippen molar-refractivity contribution in [1.29, 1.82) is 0 Å². The maximum Gasteiger partial charge on any atom is 0.416 e. The molecule has 22 heavy (non-hydrogen) atoms. The Labute approximate surface area is 129 Å². The summed E-state index contributed by atoms with van der Waals surface area (Å²) in [5, 5.41) is 0. The molecule has 0 spiro atoms. The van der Waals surface area contributed by atoms with Crippen LogP contribution in [0.1, 0.15) is 44.6 Å². The maximum absolute atomic E-state index is 12.7. The fourth-order valence-electron chi connectivity index (χ4n) is 4.10. The van der Waals surface area contributed by atoms with E-state index in [1.54, 1.807) is 0 Å². The van der Waals surface area contributed by atoms with E-state index in [-0.39, 0.29) is 5.69 Å². The molecule has 0 radical (unpaired) electrons. The Kier molecular flexibility index (Phi) is 3.77. The molecule has 3 rings (SSSR count). The molecule has 122 valence electrons. The largest absolute Gasteiger partial charge is 0.416 e. The summed E-state index contributed by atoms with van der Waals surface area (Å²) in [5.41, 5.74) is 6.61. The Balaban J connectivity index is 1.81. The van der Waals surface area contributed by atoms with Crippen molar-refractivity contribution in [3.8, 4) is 0 Å². The number of nitrogens with zero attached hydrogens (tertiary/aromatic N) is 1. The molecule has 0 aromatic heterocycles. The van der Waals surface area contributed by atoms with Gasteiger partial charge in [0.2, 0.25) is 0 Å². The highest BCUT2D eigenvalue weighted by molar-refractivity contribution is 5.69. The van der Waals surface area contributed by atoms with Gasteiger partial charge in [0.25, 0.3) is 0 Å². The molecule has 1 aliphatic heterocycles. The first-order valence-electron chi connectivity index (χ1n) is 8.01. The molecule has 2 nitrogen and oxygen atoms in total. The van der Waals surface area contributed by atoms with E-state index in [2.05, 4.69) is 11.8 Å². The Bertz CT molecular complexity index is 555. The number of piperidine rings is 1. The van der Waals surface area contributed by atoms with Gasteiger partial charge in [-0.1, -0.05) is 19.8 Å². The smallest absolute Gasteiger partial charge is 0.397 e. The average Bonchev–Trinajstić information content (AvgIpc) is 2.45. The van der Waals surface area contributed by atoms with Crippen molar-refractivity contribution < 1.29 is 13.2 Å². The number of nitrogens with two attached hydrogens (primary N) is 1. The van der Waals surface area contributed by atoms with Crippen LogP contribution in [-0.2, 0) is 6.18 Å². The van der Waals surface area contributed by atoms with E-state index in [0.29, 0.717) is 11.3 Å². The fraction of sp³-hybridized carbons (Fsp3) is 0.647. The number of halogens is 3. The highest BCUT2D eigenvalue weighted by Crippen LogP contribution is 2.48. The van der Waals surface area contributed by atoms with Gasteiger partial charge in [-0.25, -0.2) is 0 Å². The lowest BCUT2D eigenvalue weighted by Gasteiger charge is -2.49. The molecular weight excluding hydrogens is 289 g/mol. The minimum Gasteiger partial charge on any atom is -0.397 e. The topological polar surface area (TPSA) is 29.3 Å². The Morgan fingerprint density at radius 3 is 2.68 bits per heavy atom. The SMILES string of the molecule is CC12CCCCC1CN(c1ccc(C(F)(F)F)cc1N)CC2. The molecule has 0 bridgehead atoms. The lowest BCUT2D eigenvalue weighted by atomic mass is 9.64. The van der Waals surface area contributed by atoms with Crippen molar-refractivity contribution in [2.45, 2.75) is 45.2 Å². The normalized spacial score (nSPS) is 29.3. The number of anilines is 2. The van der Waals surface area contributed by atoms with Gasteiger partial charge in [-0.2, -0.15) is 13.2 Å². The van der Waals surface area contributed by atoms with Crippen molar-refractivity contribution in [2.75, 3.05) is 23.7 Å². The van der Waals surface area contributed by atoms with Crippen molar-refractivity contribution in [2.24, 2.45) is 11.3 Å². The second-order valence-corrected chi connectivity index (χ2v) is 7.06. The summed E-state index contributed by atoms with van der Waals surface area (Å²) >= 11 is 0. The van der Waals surface area contributed by atoms with Crippen molar-refractivity contribution in [3.63, 3.8) is 0 Å². The second-order valence-electron chi connectivity index (χ2n) is 7.06. The van der Waals surface area contributed by atoms with Gasteiger partial charge in [-0.15, -0.1) is 0 Å². The minimum absolute atomic E-state index is 0.231. The van der Waals surface area contributed by atoms with E-state index < -0.39 is 11.7 Å². The van der Waals surface area contributed by atoms with Gasteiger partial charge < -0.3 is 10.6 Å². The van der Waals surface area contributed by atoms with Crippen molar-refractivity contribution in [3.05, 3.63) is 23.8 Å². The molecule has 1 heterocycles. The van der Waals surface area contributed by atoms with Crippen LogP contribution in [0.15, 0.2) is 18.2 Å². The zero-order valence-electron chi connectivity index (χ0n) is 12.9. The predicted octanol–water partition coefficient (Wildman–Crippen LogP) is 4.69. The van der Waals surface area contributed by atoms with E-state index in [1.165, 1.54) is 31.7 Å². The molecule has 1 aliphatic carbocycles. The van der Waals surface area contributed by atoms with E-state index in [1.807, 2.05) is 0 Å². The molecule has 2 atom stereocenters. The summed E-state index contributed by atoms with van der Waals surface area (Å²) in [5.74, 6) is 0.622. The number of benzene rings is 1. The van der Waals surface area contributed by atoms with Crippen LogP contribution in [0.5, 0.6) is 0 Å². The molecular formula is C17H23F3N2. The Morgan fingerprint density at radius 1 is 1.23 bits per heavy atom. The third kappa shape index (κ3) is 2.77. The lowest BCUT2D eigenvalue weighted by Crippen LogP contribution is -2.47. The van der Waals surface area contributed by atoms with Crippen LogP contribution in [0.25, 0.3) is 0 Å². The van der Waals surface area contributed by atoms with Crippen molar-refractivity contribution in [1.82, 2.24) is 0 Å². The molecule has 5 heteroatoms. The standard InChI is InChI=1S/C17H23F3N2/c1-16-7-3-2-4-13(16)11-22(9-8-16)15-6-5-12(10-14(15)21)17(18,19)20/h5-6,10,13H,2-4,7-9,11,21H2,1H3. The van der Waals surface area contributed by atoms with E-state index >= 15 is 0 Å². The minimum atomic E-state index is -4.34. The third-order valence-electron chi connectivity index (χ3n) is 5.63. The molecule has 2 N–H and O–H groups in total. The molecule has 2 unspecified atom stereocenters.